The number of rotatable bonds is 7. The normalized spacial score (nSPS) is 14.3. The van der Waals surface area contributed by atoms with E-state index in [-0.39, 0.29) is 28.5 Å². The van der Waals surface area contributed by atoms with Crippen molar-refractivity contribution in [2.75, 3.05) is 4.90 Å². The predicted molar refractivity (Wildman–Crippen MR) is 256 cm³/mol. The molecule has 61 heavy (non-hydrogen) atoms. The summed E-state index contributed by atoms with van der Waals surface area (Å²) in [5.74, 6) is 0. The third-order valence-electron chi connectivity index (χ3n) is 12.4. The minimum Gasteiger partial charge on any atom is -0.310 e. The van der Waals surface area contributed by atoms with Gasteiger partial charge < -0.3 is 9.47 Å². The van der Waals surface area contributed by atoms with Crippen LogP contribution in [0.25, 0.3) is 60.5 Å². The summed E-state index contributed by atoms with van der Waals surface area (Å²) in [7, 11) is 0. The first kappa shape index (κ1) is 28.5. The molecule has 0 aliphatic heterocycles. The molecule has 2 heteroatoms. The Labute approximate surface area is 365 Å². The van der Waals surface area contributed by atoms with E-state index in [9.17, 15) is 1.37 Å². The van der Waals surface area contributed by atoms with Crippen LogP contribution in [0.1, 0.15) is 31.8 Å². The Hall–Kier alpha value is -7.94. The summed E-state index contributed by atoms with van der Waals surface area (Å²) in [4.78, 5) is 1.78. The second kappa shape index (κ2) is 14.1. The minimum absolute atomic E-state index is 0.0113. The van der Waals surface area contributed by atoms with Crippen LogP contribution >= 0.6 is 0 Å². The van der Waals surface area contributed by atoms with Gasteiger partial charge in [-0.15, -0.1) is 0 Å². The Balaban J connectivity index is 1.05. The van der Waals surface area contributed by atoms with Crippen molar-refractivity contribution in [3.05, 3.63) is 265 Å². The number of benzene rings is 10. The molecule has 11 aromatic rings. The lowest BCUT2D eigenvalue weighted by atomic mass is 9.67. The van der Waals surface area contributed by atoms with Crippen LogP contribution < -0.4 is 4.90 Å². The molecule has 0 spiro atoms. The van der Waals surface area contributed by atoms with Gasteiger partial charge in [-0.05, 0) is 111 Å². The van der Waals surface area contributed by atoms with Crippen LogP contribution in [0, 0.1) is 0 Å². The number of nitrogens with zero attached hydrogens (tertiary/aromatic N) is 2. The van der Waals surface area contributed by atoms with Crippen molar-refractivity contribution in [2.45, 2.75) is 5.41 Å². The Bertz CT molecular complexity index is 3760. The van der Waals surface area contributed by atoms with E-state index in [0.29, 0.717) is 11.4 Å². The van der Waals surface area contributed by atoms with Gasteiger partial charge in [-0.25, -0.2) is 0 Å². The topological polar surface area (TPSA) is 8.17 Å². The van der Waals surface area contributed by atoms with Crippen LogP contribution in [0.3, 0.4) is 0 Å². The summed E-state index contributed by atoms with van der Waals surface area (Å²) >= 11 is 0. The fourth-order valence-corrected chi connectivity index (χ4v) is 9.75. The van der Waals surface area contributed by atoms with Crippen LogP contribution in [-0.2, 0) is 5.41 Å². The van der Waals surface area contributed by atoms with Gasteiger partial charge in [0.25, 0.3) is 0 Å². The highest BCUT2D eigenvalue weighted by molar-refractivity contribution is 6.10. The van der Waals surface area contributed by atoms with Crippen LogP contribution in [-0.4, -0.2) is 4.57 Å². The van der Waals surface area contributed by atoms with E-state index >= 15 is 0 Å². The molecule has 0 N–H and O–H groups in total. The highest BCUT2D eigenvalue weighted by Gasteiger charge is 2.46. The summed E-state index contributed by atoms with van der Waals surface area (Å²) < 4.78 is 64.5. The van der Waals surface area contributed by atoms with Gasteiger partial charge in [-0.3, -0.25) is 0 Å². The smallest absolute Gasteiger partial charge is 0.0713 e. The van der Waals surface area contributed by atoms with Crippen molar-refractivity contribution < 1.29 is 9.60 Å². The van der Waals surface area contributed by atoms with Gasteiger partial charge in [-0.2, -0.15) is 0 Å². The maximum atomic E-state index is 9.37. The molecule has 286 valence electrons. The number of aromatic nitrogens is 1. The van der Waals surface area contributed by atoms with E-state index in [1.54, 1.807) is 4.90 Å². The zero-order valence-corrected chi connectivity index (χ0v) is 32.9. The highest BCUT2D eigenvalue weighted by atomic mass is 15.1. The standard InChI is InChI=1S/C59H40N2/c1-3-16-41(17-4-1)42-30-33-46(34-31-42)60(56-29-15-19-43-18-7-8-22-49(43)56)47-35-37-48(38-36-47)61-57-28-14-11-25-52(57)53-40-45(32-39-58(53)61)59(44-20-5-2-6-21-44)54-26-12-9-23-50(54)51-24-10-13-27-55(51)59/h1-40H/i7D,8D,15D,18D,19D,22D,29D. The van der Waals surface area contributed by atoms with E-state index in [1.807, 2.05) is 78.9 Å². The van der Waals surface area contributed by atoms with Gasteiger partial charge in [0.1, 0.15) is 0 Å². The second-order valence-corrected chi connectivity index (χ2v) is 15.5. The molecule has 12 rings (SSSR count). The second-order valence-electron chi connectivity index (χ2n) is 15.5. The van der Waals surface area contributed by atoms with Crippen molar-refractivity contribution >= 4 is 49.6 Å². The SMILES string of the molecule is [2H]c1c([2H])c([2H])c2c(N(c3ccc(-c4ccccc4)cc3)c3ccc(-n4c5ccccc5c5cc(C6(c7ccccc7)c7ccccc7-c7ccccc76)ccc54)cc3)c([2H])c([2H])c([2H])c2c1[2H]. The van der Waals surface area contributed by atoms with Crippen molar-refractivity contribution in [3.63, 3.8) is 0 Å². The Morgan fingerprint density at radius 3 is 1.72 bits per heavy atom. The van der Waals surface area contributed by atoms with Crippen molar-refractivity contribution in [1.29, 1.82) is 0 Å². The highest BCUT2D eigenvalue weighted by Crippen LogP contribution is 2.56. The minimum atomic E-state index is -0.559. The van der Waals surface area contributed by atoms with Gasteiger partial charge in [0.2, 0.25) is 0 Å². The summed E-state index contributed by atoms with van der Waals surface area (Å²) in [6, 6.07) is 66.4. The summed E-state index contributed by atoms with van der Waals surface area (Å²) in [5.41, 5.74) is 13.0. The molecule has 0 amide bonds. The summed E-state index contributed by atoms with van der Waals surface area (Å²) in [5, 5.41) is 2.13. The van der Waals surface area contributed by atoms with Gasteiger partial charge in [0, 0.05) is 33.2 Å². The molecule has 0 saturated carbocycles. The Kier molecular flexibility index (Phi) is 6.59. The fraction of sp³-hybridized carbons (Fsp3) is 0.0169. The van der Waals surface area contributed by atoms with Crippen LogP contribution in [0.2, 0.25) is 0 Å². The van der Waals surface area contributed by atoms with Crippen LogP contribution in [0.5, 0.6) is 0 Å². The summed E-state index contributed by atoms with van der Waals surface area (Å²) in [6.07, 6.45) is 0. The van der Waals surface area contributed by atoms with E-state index < -0.39 is 35.6 Å². The molecule has 0 radical (unpaired) electrons. The number of hydrogen-bond donors (Lipinski definition) is 0. The first-order valence-corrected chi connectivity index (χ1v) is 20.5. The van der Waals surface area contributed by atoms with Crippen LogP contribution in [0.4, 0.5) is 17.1 Å². The average Bonchev–Trinajstić information content (AvgIpc) is 3.89. The molecular weight excluding hydrogens is 737 g/mol. The zero-order chi connectivity index (χ0) is 46.4. The lowest BCUT2D eigenvalue weighted by Crippen LogP contribution is -2.28. The van der Waals surface area contributed by atoms with E-state index in [0.717, 1.165) is 38.6 Å². The molecule has 0 unspecified atom stereocenters. The fourth-order valence-electron chi connectivity index (χ4n) is 9.75. The molecule has 0 bridgehead atoms. The third-order valence-corrected chi connectivity index (χ3v) is 12.4. The maximum Gasteiger partial charge on any atom is 0.0713 e. The molecular formula is C59H40N2. The Morgan fingerprint density at radius 2 is 0.984 bits per heavy atom. The summed E-state index contributed by atoms with van der Waals surface area (Å²) in [6.45, 7) is 0. The Morgan fingerprint density at radius 1 is 0.410 bits per heavy atom. The van der Waals surface area contributed by atoms with Crippen molar-refractivity contribution in [1.82, 2.24) is 4.57 Å². The van der Waals surface area contributed by atoms with Gasteiger partial charge in [0.15, 0.2) is 0 Å². The quantitative estimate of drug-likeness (QED) is 0.156. The van der Waals surface area contributed by atoms with Gasteiger partial charge in [0.05, 0.1) is 31.7 Å². The number of fused-ring (bicyclic) bond motifs is 7. The third kappa shape index (κ3) is 5.43. The molecule has 1 aromatic heterocycles. The first-order chi connectivity index (χ1) is 33.2. The predicted octanol–water partition coefficient (Wildman–Crippen LogP) is 15.4. The van der Waals surface area contributed by atoms with Crippen molar-refractivity contribution in [3.8, 4) is 27.9 Å². The lowest BCUT2D eigenvalue weighted by molar-refractivity contribution is 0.770. The van der Waals surface area contributed by atoms with Crippen LogP contribution in [0.15, 0.2) is 242 Å². The zero-order valence-electron chi connectivity index (χ0n) is 39.9. The first-order valence-electron chi connectivity index (χ1n) is 24.0. The molecule has 0 fully saturated rings. The molecule has 1 heterocycles. The molecule has 1 aliphatic carbocycles. The maximum absolute atomic E-state index is 9.37. The number of hydrogen-bond acceptors (Lipinski definition) is 1. The molecule has 0 atom stereocenters. The van der Waals surface area contributed by atoms with E-state index in [4.69, 9.17) is 8.22 Å². The molecule has 2 nitrogen and oxygen atoms in total. The largest absolute Gasteiger partial charge is 0.310 e. The lowest BCUT2D eigenvalue weighted by Gasteiger charge is -2.34. The number of para-hydroxylation sites is 1. The molecule has 1 aliphatic rings. The molecule has 0 saturated heterocycles. The number of anilines is 3. The monoisotopic (exact) mass is 783 g/mol. The molecule has 10 aromatic carbocycles. The van der Waals surface area contributed by atoms with Crippen molar-refractivity contribution in [2.24, 2.45) is 0 Å². The van der Waals surface area contributed by atoms with Gasteiger partial charge in [-0.1, -0.05) is 182 Å². The average molecular weight is 784 g/mol. The van der Waals surface area contributed by atoms with E-state index in [1.165, 1.54) is 33.4 Å². The van der Waals surface area contributed by atoms with E-state index in [2.05, 4.69) is 126 Å². The van der Waals surface area contributed by atoms with Gasteiger partial charge >= 0.3 is 0 Å².